The first kappa shape index (κ1) is 23.2. The van der Waals surface area contributed by atoms with Crippen molar-refractivity contribution in [1.29, 1.82) is 0 Å². The van der Waals surface area contributed by atoms with Gasteiger partial charge in [-0.25, -0.2) is 0 Å². The predicted octanol–water partition coefficient (Wildman–Crippen LogP) is 1.46. The summed E-state index contributed by atoms with van der Waals surface area (Å²) in [7, 11) is 0. The number of unbranched alkanes of at least 4 members (excludes halogenated alkanes) is 11. The summed E-state index contributed by atoms with van der Waals surface area (Å²) in [4.78, 5) is 22.3. The van der Waals surface area contributed by atoms with Crippen molar-refractivity contribution >= 4 is 24.5 Å². The molecule has 0 aliphatic rings. The molecule has 0 saturated carbocycles. The summed E-state index contributed by atoms with van der Waals surface area (Å²) in [5, 5.41) is 13.1. The molecule has 0 saturated heterocycles. The van der Waals surface area contributed by atoms with E-state index < -0.39 is 12.0 Å². The molecule has 1 atom stereocenters. The molecule has 1 unspecified atom stereocenters. The Kier molecular flexibility index (Phi) is 16.6. The maximum absolute atomic E-state index is 11.6. The summed E-state index contributed by atoms with van der Waals surface area (Å²) >= 11 is 3.88. The second-order valence-corrected chi connectivity index (χ2v) is 6.83. The topological polar surface area (TPSA) is 96.9 Å². The normalized spacial score (nSPS) is 12.1. The van der Waals surface area contributed by atoms with Crippen molar-refractivity contribution in [3.05, 3.63) is 0 Å². The minimum atomic E-state index is -1.28. The van der Waals surface area contributed by atoms with Crippen LogP contribution >= 0.6 is 12.6 Å². The van der Waals surface area contributed by atoms with Gasteiger partial charge in [0.2, 0.25) is 5.91 Å². The van der Waals surface area contributed by atoms with Gasteiger partial charge in [0.1, 0.15) is 0 Å². The SMILES string of the molecule is [NH3+]CCCCCCCCCCCCCCC(=O)NC(CS)C(=O)[O-]. The van der Waals surface area contributed by atoms with Crippen LogP contribution in [0.5, 0.6) is 0 Å². The van der Waals surface area contributed by atoms with Crippen LogP contribution < -0.4 is 16.2 Å². The Hall–Kier alpha value is -0.750. The molecule has 1 amide bonds. The zero-order chi connectivity index (χ0) is 18.0. The molecule has 0 bridgehead atoms. The van der Waals surface area contributed by atoms with E-state index in [1.807, 2.05) is 0 Å². The minimum absolute atomic E-state index is 0.0594. The predicted molar refractivity (Wildman–Crippen MR) is 98.6 cm³/mol. The van der Waals surface area contributed by atoms with Gasteiger partial charge in [0.25, 0.3) is 0 Å². The number of amides is 1. The van der Waals surface area contributed by atoms with Crippen LogP contribution in [0.15, 0.2) is 0 Å². The van der Waals surface area contributed by atoms with E-state index in [-0.39, 0.29) is 11.7 Å². The number of carboxylic acids is 1. The summed E-state index contributed by atoms with van der Waals surface area (Å²) in [6, 6.07) is -0.987. The van der Waals surface area contributed by atoms with Crippen LogP contribution in [0.1, 0.15) is 83.5 Å². The highest BCUT2D eigenvalue weighted by Crippen LogP contribution is 2.12. The lowest BCUT2D eigenvalue weighted by Gasteiger charge is -2.17. The minimum Gasteiger partial charge on any atom is -0.548 e. The molecule has 0 aromatic heterocycles. The van der Waals surface area contributed by atoms with Gasteiger partial charge < -0.3 is 21.0 Å². The lowest BCUT2D eigenvalue weighted by atomic mass is 10.0. The largest absolute Gasteiger partial charge is 0.548 e. The number of nitrogens with one attached hydrogen (secondary N) is 1. The molecule has 0 rings (SSSR count). The summed E-state index contributed by atoms with van der Waals surface area (Å²) in [6.07, 6.45) is 15.2. The monoisotopic (exact) mass is 360 g/mol. The molecule has 0 radical (unpaired) electrons. The first-order chi connectivity index (χ1) is 11.6. The first-order valence-electron chi connectivity index (χ1n) is 9.52. The maximum Gasteiger partial charge on any atom is 0.220 e. The summed E-state index contributed by atoms with van der Waals surface area (Å²) in [5.74, 6) is -1.44. The fraction of sp³-hybridized carbons (Fsp3) is 0.889. The molecule has 0 fully saturated rings. The number of carbonyl (C=O) groups excluding carboxylic acids is 2. The molecule has 4 N–H and O–H groups in total. The van der Waals surface area contributed by atoms with Gasteiger partial charge in [0.05, 0.1) is 18.6 Å². The number of quaternary nitrogens is 1. The first-order valence-corrected chi connectivity index (χ1v) is 10.2. The highest BCUT2D eigenvalue weighted by atomic mass is 32.1. The average molecular weight is 361 g/mol. The number of hydrogen-bond acceptors (Lipinski definition) is 4. The molecule has 0 aromatic rings. The molecular weight excluding hydrogens is 324 g/mol. The van der Waals surface area contributed by atoms with E-state index in [1.54, 1.807) is 0 Å². The molecule has 5 nitrogen and oxygen atoms in total. The van der Waals surface area contributed by atoms with E-state index in [2.05, 4.69) is 23.7 Å². The Labute approximate surface area is 152 Å². The summed E-state index contributed by atoms with van der Waals surface area (Å²) < 4.78 is 0. The van der Waals surface area contributed by atoms with E-state index >= 15 is 0 Å². The van der Waals surface area contributed by atoms with Crippen LogP contribution in [0.25, 0.3) is 0 Å². The molecule has 0 heterocycles. The number of carbonyl (C=O) groups is 2. The Morgan fingerprint density at radius 1 is 0.833 bits per heavy atom. The fourth-order valence-corrected chi connectivity index (χ4v) is 2.92. The Morgan fingerprint density at radius 2 is 1.25 bits per heavy atom. The van der Waals surface area contributed by atoms with Crippen LogP contribution in [-0.2, 0) is 9.59 Å². The zero-order valence-electron chi connectivity index (χ0n) is 15.1. The molecule has 0 aliphatic heterocycles. The van der Waals surface area contributed by atoms with Crippen molar-refractivity contribution in [1.82, 2.24) is 5.32 Å². The smallest absolute Gasteiger partial charge is 0.220 e. The Balaban J connectivity index is 3.30. The number of thiol groups is 1. The van der Waals surface area contributed by atoms with E-state index in [0.29, 0.717) is 6.42 Å². The van der Waals surface area contributed by atoms with Gasteiger partial charge in [-0.15, -0.1) is 0 Å². The van der Waals surface area contributed by atoms with E-state index in [1.165, 1.54) is 57.8 Å². The van der Waals surface area contributed by atoms with Crippen LogP contribution in [0.2, 0.25) is 0 Å². The standard InChI is InChI=1S/C18H36N2O3S/c19-14-12-10-8-6-4-2-1-3-5-7-9-11-13-17(21)20-16(15-24)18(22)23/h16,24H,1-15,19H2,(H,20,21)(H,22,23). The van der Waals surface area contributed by atoms with Crippen molar-refractivity contribution < 1.29 is 20.4 Å². The van der Waals surface area contributed by atoms with Crippen molar-refractivity contribution in [2.45, 2.75) is 89.5 Å². The van der Waals surface area contributed by atoms with Crippen LogP contribution in [0.4, 0.5) is 0 Å². The van der Waals surface area contributed by atoms with Crippen LogP contribution in [0, 0.1) is 0 Å². The average Bonchev–Trinajstić information content (AvgIpc) is 2.56. The quantitative estimate of drug-likeness (QED) is 0.271. The number of carboxylic acid groups (broad SMARTS) is 1. The highest BCUT2D eigenvalue weighted by molar-refractivity contribution is 7.80. The van der Waals surface area contributed by atoms with E-state index in [9.17, 15) is 14.7 Å². The molecule has 6 heteroatoms. The van der Waals surface area contributed by atoms with Gasteiger partial charge in [0, 0.05) is 12.2 Å². The molecule has 0 aliphatic carbocycles. The lowest BCUT2D eigenvalue weighted by Crippen LogP contribution is -2.50. The summed E-state index contributed by atoms with van der Waals surface area (Å²) in [6.45, 7) is 1.06. The highest BCUT2D eigenvalue weighted by Gasteiger charge is 2.10. The molecule has 0 aromatic carbocycles. The second-order valence-electron chi connectivity index (χ2n) is 6.47. The van der Waals surface area contributed by atoms with E-state index in [0.717, 1.165) is 25.8 Å². The van der Waals surface area contributed by atoms with Crippen LogP contribution in [0.3, 0.4) is 0 Å². The number of aliphatic carboxylic acids is 1. The van der Waals surface area contributed by atoms with Crippen molar-refractivity contribution in [3.8, 4) is 0 Å². The summed E-state index contributed by atoms with van der Waals surface area (Å²) in [5.41, 5.74) is 3.86. The van der Waals surface area contributed by atoms with Crippen LogP contribution in [-0.4, -0.2) is 30.2 Å². The zero-order valence-corrected chi connectivity index (χ0v) is 16.0. The molecule has 0 spiro atoms. The van der Waals surface area contributed by atoms with E-state index in [4.69, 9.17) is 0 Å². The second kappa shape index (κ2) is 17.1. The van der Waals surface area contributed by atoms with Crippen molar-refractivity contribution in [2.75, 3.05) is 12.3 Å². The van der Waals surface area contributed by atoms with Gasteiger partial charge in [-0.2, -0.15) is 12.6 Å². The molecule has 24 heavy (non-hydrogen) atoms. The lowest BCUT2D eigenvalue weighted by molar-refractivity contribution is -0.368. The van der Waals surface area contributed by atoms with Gasteiger partial charge in [-0.05, 0) is 19.3 Å². The maximum atomic E-state index is 11.6. The van der Waals surface area contributed by atoms with Gasteiger partial charge >= 0.3 is 0 Å². The van der Waals surface area contributed by atoms with Crippen molar-refractivity contribution in [2.24, 2.45) is 0 Å². The Morgan fingerprint density at radius 3 is 1.62 bits per heavy atom. The van der Waals surface area contributed by atoms with Crippen molar-refractivity contribution in [3.63, 3.8) is 0 Å². The third kappa shape index (κ3) is 14.8. The third-order valence-corrected chi connectivity index (χ3v) is 4.57. The third-order valence-electron chi connectivity index (χ3n) is 4.21. The Bertz CT molecular complexity index is 327. The number of hydrogen-bond donors (Lipinski definition) is 3. The molecular formula is C18H36N2O3S. The molecule has 142 valence electrons. The van der Waals surface area contributed by atoms with Gasteiger partial charge in [-0.1, -0.05) is 57.8 Å². The fourth-order valence-electron chi connectivity index (χ4n) is 2.68. The van der Waals surface area contributed by atoms with Gasteiger partial charge in [0.15, 0.2) is 0 Å². The number of rotatable bonds is 17. The van der Waals surface area contributed by atoms with Gasteiger partial charge in [-0.3, -0.25) is 4.79 Å².